The van der Waals surface area contributed by atoms with Crippen LogP contribution in [0.15, 0.2) is 0 Å². The summed E-state index contributed by atoms with van der Waals surface area (Å²) in [4.78, 5) is 26.9. The van der Waals surface area contributed by atoms with E-state index in [1.54, 1.807) is 0 Å². The maximum absolute atomic E-state index is 11.8. The van der Waals surface area contributed by atoms with Crippen LogP contribution in [0.4, 0.5) is 0 Å². The van der Waals surface area contributed by atoms with E-state index in [4.69, 9.17) is 0 Å². The number of carboxylic acids is 1. The topological polar surface area (TPSA) is 60.9 Å². The molecule has 1 heterocycles. The Kier molecular flexibility index (Phi) is 5.35. The van der Waals surface area contributed by atoms with Crippen molar-refractivity contribution in [3.8, 4) is 0 Å². The van der Waals surface area contributed by atoms with Crippen LogP contribution in [-0.2, 0) is 9.59 Å². The van der Waals surface area contributed by atoms with E-state index in [0.717, 1.165) is 19.5 Å². The average molecular weight is 270 g/mol. The summed E-state index contributed by atoms with van der Waals surface area (Å²) in [7, 11) is 0. The lowest BCUT2D eigenvalue weighted by Gasteiger charge is -2.40. The summed E-state index contributed by atoms with van der Waals surface area (Å²) in [5.41, 5.74) is -1.04. The molecule has 0 radical (unpaired) electrons. The van der Waals surface area contributed by atoms with E-state index < -0.39 is 11.5 Å². The predicted octanol–water partition coefficient (Wildman–Crippen LogP) is 1.57. The van der Waals surface area contributed by atoms with Crippen molar-refractivity contribution in [1.29, 1.82) is 0 Å². The van der Waals surface area contributed by atoms with Crippen molar-refractivity contribution in [1.82, 2.24) is 9.80 Å². The third-order valence-electron chi connectivity index (χ3n) is 4.14. The third kappa shape index (κ3) is 3.26. The molecule has 5 nitrogen and oxygen atoms in total. The van der Waals surface area contributed by atoms with Gasteiger partial charge < -0.3 is 14.9 Å². The van der Waals surface area contributed by atoms with Crippen LogP contribution in [-0.4, -0.2) is 58.0 Å². The molecule has 0 aromatic heterocycles. The van der Waals surface area contributed by atoms with E-state index in [9.17, 15) is 14.7 Å². The molecule has 0 aromatic carbocycles. The summed E-state index contributed by atoms with van der Waals surface area (Å²) in [6.45, 7) is 9.59. The van der Waals surface area contributed by atoms with E-state index in [1.807, 2.05) is 13.8 Å². The number of carbonyl (C=O) groups excluding carboxylic acids is 1. The van der Waals surface area contributed by atoms with Gasteiger partial charge in [-0.05, 0) is 53.5 Å². The molecule has 0 saturated carbocycles. The van der Waals surface area contributed by atoms with Crippen molar-refractivity contribution in [2.75, 3.05) is 13.1 Å². The highest BCUT2D eigenvalue weighted by atomic mass is 16.4. The van der Waals surface area contributed by atoms with Crippen molar-refractivity contribution in [3.05, 3.63) is 0 Å². The Hall–Kier alpha value is -1.10. The Balaban J connectivity index is 3.00. The molecule has 0 aromatic rings. The fourth-order valence-corrected chi connectivity index (χ4v) is 2.96. The number of hydrogen-bond donors (Lipinski definition) is 1. The summed E-state index contributed by atoms with van der Waals surface area (Å²) in [6.07, 6.45) is 2.53. The predicted molar refractivity (Wildman–Crippen MR) is 74.0 cm³/mol. The van der Waals surface area contributed by atoms with Crippen molar-refractivity contribution >= 4 is 12.4 Å². The average Bonchev–Trinajstić information content (AvgIpc) is 2.53. The molecular formula is C14H26N2O3. The highest BCUT2D eigenvalue weighted by Gasteiger charge is 2.45. The Morgan fingerprint density at radius 3 is 2.32 bits per heavy atom. The SMILES string of the molecule is CC(C)N1CCCC(C(=O)O)(N(C=O)C(C)C)CC1. The summed E-state index contributed by atoms with van der Waals surface area (Å²) < 4.78 is 0. The molecule has 0 aliphatic carbocycles. The van der Waals surface area contributed by atoms with Crippen molar-refractivity contribution in [2.24, 2.45) is 0 Å². The van der Waals surface area contributed by atoms with Gasteiger partial charge in [-0.25, -0.2) is 4.79 Å². The molecule has 110 valence electrons. The standard InChI is InChI=1S/C14H26N2O3/c1-11(2)15-8-5-6-14(7-9-15,13(18)19)16(10-17)12(3)4/h10-12H,5-9H2,1-4H3,(H,18,19). The first-order chi connectivity index (χ1) is 8.85. The third-order valence-corrected chi connectivity index (χ3v) is 4.14. The van der Waals surface area contributed by atoms with Gasteiger partial charge in [0.25, 0.3) is 0 Å². The molecule has 1 aliphatic heterocycles. The summed E-state index contributed by atoms with van der Waals surface area (Å²) in [6, 6.07) is 0.313. The van der Waals surface area contributed by atoms with Gasteiger partial charge in [-0.2, -0.15) is 0 Å². The first-order valence-corrected chi connectivity index (χ1v) is 7.06. The molecule has 1 aliphatic rings. The monoisotopic (exact) mass is 270 g/mol. The number of likely N-dealkylation sites (tertiary alicyclic amines) is 1. The molecule has 1 rings (SSSR count). The van der Waals surface area contributed by atoms with Crippen molar-refractivity contribution in [3.63, 3.8) is 0 Å². The zero-order valence-corrected chi connectivity index (χ0v) is 12.4. The van der Waals surface area contributed by atoms with Crippen LogP contribution < -0.4 is 0 Å². The van der Waals surface area contributed by atoms with Crippen LogP contribution >= 0.6 is 0 Å². The largest absolute Gasteiger partial charge is 0.479 e. The number of aliphatic carboxylic acids is 1. The molecule has 1 N–H and O–H groups in total. The highest BCUT2D eigenvalue weighted by molar-refractivity contribution is 5.81. The summed E-state index contributed by atoms with van der Waals surface area (Å²) in [5, 5.41) is 9.67. The lowest BCUT2D eigenvalue weighted by Crippen LogP contribution is -2.57. The number of carboxylic acid groups (broad SMARTS) is 1. The fraction of sp³-hybridized carbons (Fsp3) is 0.857. The highest BCUT2D eigenvalue weighted by Crippen LogP contribution is 2.30. The van der Waals surface area contributed by atoms with Crippen LogP contribution in [0.25, 0.3) is 0 Å². The molecule has 1 saturated heterocycles. The van der Waals surface area contributed by atoms with E-state index in [2.05, 4.69) is 18.7 Å². The lowest BCUT2D eigenvalue weighted by atomic mass is 9.87. The van der Waals surface area contributed by atoms with Crippen molar-refractivity contribution in [2.45, 2.75) is 64.6 Å². The molecular weight excluding hydrogens is 244 g/mol. The molecule has 0 bridgehead atoms. The number of nitrogens with zero attached hydrogens (tertiary/aromatic N) is 2. The Morgan fingerprint density at radius 1 is 1.26 bits per heavy atom. The van der Waals surface area contributed by atoms with Crippen LogP contribution in [0.5, 0.6) is 0 Å². The van der Waals surface area contributed by atoms with Gasteiger partial charge in [0.15, 0.2) is 0 Å². The van der Waals surface area contributed by atoms with Crippen molar-refractivity contribution < 1.29 is 14.7 Å². The minimum atomic E-state index is -1.04. The van der Waals surface area contributed by atoms with E-state index in [-0.39, 0.29) is 6.04 Å². The quantitative estimate of drug-likeness (QED) is 0.770. The normalized spacial score (nSPS) is 25.4. The van der Waals surface area contributed by atoms with Gasteiger partial charge in [-0.15, -0.1) is 0 Å². The van der Waals surface area contributed by atoms with E-state index in [0.29, 0.717) is 25.3 Å². The molecule has 1 atom stereocenters. The molecule has 1 unspecified atom stereocenters. The molecule has 0 spiro atoms. The molecule has 1 fully saturated rings. The van der Waals surface area contributed by atoms with E-state index in [1.165, 1.54) is 4.90 Å². The van der Waals surface area contributed by atoms with Crippen LogP contribution in [0.2, 0.25) is 0 Å². The first kappa shape index (κ1) is 16.0. The second kappa shape index (κ2) is 6.37. The molecule has 19 heavy (non-hydrogen) atoms. The Bertz CT molecular complexity index is 331. The second-order valence-electron chi connectivity index (χ2n) is 5.93. The zero-order chi connectivity index (χ0) is 14.6. The number of rotatable bonds is 5. The van der Waals surface area contributed by atoms with Gasteiger partial charge in [-0.3, -0.25) is 4.79 Å². The van der Waals surface area contributed by atoms with Crippen LogP contribution in [0.3, 0.4) is 0 Å². The van der Waals surface area contributed by atoms with Gasteiger partial charge in [0.05, 0.1) is 0 Å². The van der Waals surface area contributed by atoms with Gasteiger partial charge in [0.2, 0.25) is 6.41 Å². The second-order valence-corrected chi connectivity index (χ2v) is 5.93. The smallest absolute Gasteiger partial charge is 0.329 e. The van der Waals surface area contributed by atoms with E-state index >= 15 is 0 Å². The Labute approximate surface area is 115 Å². The van der Waals surface area contributed by atoms with Gasteiger partial charge >= 0.3 is 5.97 Å². The minimum Gasteiger partial charge on any atom is -0.479 e. The van der Waals surface area contributed by atoms with Gasteiger partial charge in [0, 0.05) is 18.6 Å². The maximum Gasteiger partial charge on any atom is 0.329 e. The fourth-order valence-electron chi connectivity index (χ4n) is 2.96. The molecule has 5 heteroatoms. The number of amides is 1. The van der Waals surface area contributed by atoms with Gasteiger partial charge in [0.1, 0.15) is 5.54 Å². The number of carbonyl (C=O) groups is 2. The summed E-state index contributed by atoms with van der Waals surface area (Å²) >= 11 is 0. The number of hydrogen-bond acceptors (Lipinski definition) is 3. The van der Waals surface area contributed by atoms with Crippen LogP contribution in [0.1, 0.15) is 47.0 Å². The lowest BCUT2D eigenvalue weighted by molar-refractivity contribution is -0.158. The maximum atomic E-state index is 11.8. The first-order valence-electron chi connectivity index (χ1n) is 7.06. The van der Waals surface area contributed by atoms with Crippen LogP contribution in [0, 0.1) is 0 Å². The van der Waals surface area contributed by atoms with Gasteiger partial charge in [-0.1, -0.05) is 0 Å². The Morgan fingerprint density at radius 2 is 1.89 bits per heavy atom. The minimum absolute atomic E-state index is 0.0980. The zero-order valence-electron chi connectivity index (χ0n) is 12.4. The molecule has 1 amide bonds. The summed E-state index contributed by atoms with van der Waals surface area (Å²) in [5.74, 6) is -0.876.